The average Bonchev–Trinajstić information content (AvgIpc) is 2.77. The van der Waals surface area contributed by atoms with Crippen molar-refractivity contribution in [1.29, 1.82) is 0 Å². The van der Waals surface area contributed by atoms with Crippen molar-refractivity contribution >= 4 is 17.5 Å². The Kier molecular flexibility index (Phi) is 9.48. The molecular weight excluding hydrogens is 398 g/mol. The number of benzene rings is 2. The van der Waals surface area contributed by atoms with Crippen molar-refractivity contribution in [3.05, 3.63) is 65.2 Å². The van der Waals surface area contributed by atoms with Gasteiger partial charge in [-0.15, -0.1) is 0 Å². The van der Waals surface area contributed by atoms with E-state index in [0.717, 1.165) is 69.3 Å². The summed E-state index contributed by atoms with van der Waals surface area (Å²) < 4.78 is 5.77. The molecule has 1 aliphatic heterocycles. The molecule has 1 aliphatic rings. The monoisotopic (exact) mass is 429 g/mol. The smallest absolute Gasteiger partial charge is 0.234 e. The first-order chi connectivity index (χ1) is 14.7. The fourth-order valence-corrected chi connectivity index (χ4v) is 3.71. The van der Waals surface area contributed by atoms with Crippen LogP contribution in [0, 0.1) is 0 Å². The highest BCUT2D eigenvalue weighted by atomic mass is 35.5. The van der Waals surface area contributed by atoms with Crippen molar-refractivity contribution in [3.8, 4) is 5.75 Å². The zero-order valence-electron chi connectivity index (χ0n) is 17.6. The molecule has 1 heterocycles. The highest BCUT2D eigenvalue weighted by Gasteiger charge is 2.18. The molecule has 0 aliphatic carbocycles. The van der Waals surface area contributed by atoms with Gasteiger partial charge in [0.2, 0.25) is 5.91 Å². The molecule has 5 nitrogen and oxygen atoms in total. The number of carbonyl (C=O) groups excluding carboxylic acids is 1. The van der Waals surface area contributed by atoms with Crippen molar-refractivity contribution < 1.29 is 9.53 Å². The standard InChI is InChI=1S/C24H32ClN3O2/c25-22-9-11-23(12-10-22)30-19-18-27-14-16-28(17-15-27)20-24(29)26-13-5-4-8-21-6-2-1-3-7-21/h1-3,6-7,9-12H,4-5,8,13-20H2,(H,26,29). The molecule has 162 valence electrons. The summed E-state index contributed by atoms with van der Waals surface area (Å²) in [6.45, 7) is 6.57. The van der Waals surface area contributed by atoms with Gasteiger partial charge in [-0.25, -0.2) is 0 Å². The number of hydrogen-bond acceptors (Lipinski definition) is 4. The Labute approximate surface area is 185 Å². The lowest BCUT2D eigenvalue weighted by Gasteiger charge is -2.34. The molecule has 0 radical (unpaired) electrons. The number of aryl methyl sites for hydroxylation is 1. The molecule has 0 spiro atoms. The Hall–Kier alpha value is -2.08. The summed E-state index contributed by atoms with van der Waals surface area (Å²) in [6, 6.07) is 17.9. The van der Waals surface area contributed by atoms with Gasteiger partial charge in [0.1, 0.15) is 12.4 Å². The van der Waals surface area contributed by atoms with Crippen LogP contribution in [0.5, 0.6) is 5.75 Å². The van der Waals surface area contributed by atoms with Gasteiger partial charge in [-0.3, -0.25) is 14.6 Å². The molecule has 0 atom stereocenters. The Morgan fingerprint density at radius 2 is 1.63 bits per heavy atom. The van der Waals surface area contributed by atoms with Gasteiger partial charge < -0.3 is 10.1 Å². The van der Waals surface area contributed by atoms with E-state index < -0.39 is 0 Å². The van der Waals surface area contributed by atoms with Gasteiger partial charge in [-0.1, -0.05) is 41.9 Å². The van der Waals surface area contributed by atoms with Gasteiger partial charge in [-0.2, -0.15) is 0 Å². The first kappa shape index (κ1) is 22.6. The number of halogens is 1. The first-order valence-electron chi connectivity index (χ1n) is 10.8. The van der Waals surface area contributed by atoms with E-state index in [-0.39, 0.29) is 5.91 Å². The number of hydrogen-bond donors (Lipinski definition) is 1. The Bertz CT molecular complexity index is 747. The number of carbonyl (C=O) groups is 1. The highest BCUT2D eigenvalue weighted by Crippen LogP contribution is 2.15. The lowest BCUT2D eigenvalue weighted by molar-refractivity contribution is -0.122. The van der Waals surface area contributed by atoms with E-state index in [1.54, 1.807) is 0 Å². The van der Waals surface area contributed by atoms with Crippen molar-refractivity contribution in [2.24, 2.45) is 0 Å². The summed E-state index contributed by atoms with van der Waals surface area (Å²) in [5.41, 5.74) is 1.36. The van der Waals surface area contributed by atoms with E-state index in [4.69, 9.17) is 16.3 Å². The van der Waals surface area contributed by atoms with Crippen molar-refractivity contribution in [2.75, 3.05) is 52.4 Å². The fourth-order valence-electron chi connectivity index (χ4n) is 3.58. The third kappa shape index (κ3) is 8.34. The first-order valence-corrected chi connectivity index (χ1v) is 11.2. The van der Waals surface area contributed by atoms with Crippen LogP contribution in [0.25, 0.3) is 0 Å². The van der Waals surface area contributed by atoms with Gasteiger partial charge in [-0.05, 0) is 49.1 Å². The molecule has 2 aromatic rings. The van der Waals surface area contributed by atoms with Gasteiger partial charge in [0.15, 0.2) is 0 Å². The number of nitrogens with one attached hydrogen (secondary N) is 1. The van der Waals surface area contributed by atoms with E-state index in [1.807, 2.05) is 30.3 Å². The van der Waals surface area contributed by atoms with E-state index in [2.05, 4.69) is 39.4 Å². The van der Waals surface area contributed by atoms with Crippen LogP contribution in [0.2, 0.25) is 5.02 Å². The van der Waals surface area contributed by atoms with Crippen LogP contribution in [0.1, 0.15) is 18.4 Å². The number of piperazine rings is 1. The predicted molar refractivity (Wildman–Crippen MR) is 122 cm³/mol. The van der Waals surface area contributed by atoms with Crippen LogP contribution in [-0.2, 0) is 11.2 Å². The van der Waals surface area contributed by atoms with Gasteiger partial charge >= 0.3 is 0 Å². The summed E-state index contributed by atoms with van der Waals surface area (Å²) >= 11 is 5.89. The number of rotatable bonds is 11. The second kappa shape index (κ2) is 12.6. The van der Waals surface area contributed by atoms with Crippen LogP contribution < -0.4 is 10.1 Å². The summed E-state index contributed by atoms with van der Waals surface area (Å²) in [5.74, 6) is 0.979. The molecule has 1 fully saturated rings. The van der Waals surface area contributed by atoms with Crippen LogP contribution >= 0.6 is 11.6 Å². The summed E-state index contributed by atoms with van der Waals surface area (Å²) in [6.07, 6.45) is 3.18. The maximum Gasteiger partial charge on any atom is 0.234 e. The third-order valence-corrected chi connectivity index (χ3v) is 5.63. The second-order valence-electron chi connectivity index (χ2n) is 7.71. The van der Waals surface area contributed by atoms with E-state index in [9.17, 15) is 4.79 Å². The lowest BCUT2D eigenvalue weighted by Crippen LogP contribution is -2.50. The Morgan fingerprint density at radius 1 is 0.933 bits per heavy atom. The minimum atomic E-state index is 0.134. The minimum Gasteiger partial charge on any atom is -0.492 e. The van der Waals surface area contributed by atoms with Gasteiger partial charge in [0.25, 0.3) is 0 Å². The summed E-state index contributed by atoms with van der Waals surface area (Å²) in [4.78, 5) is 16.8. The molecule has 0 saturated carbocycles. The maximum absolute atomic E-state index is 12.2. The molecule has 1 saturated heterocycles. The Balaban J connectivity index is 1.21. The number of amides is 1. The molecule has 0 bridgehead atoms. The normalized spacial score (nSPS) is 15.1. The van der Waals surface area contributed by atoms with Crippen LogP contribution in [-0.4, -0.2) is 68.1 Å². The van der Waals surface area contributed by atoms with E-state index in [1.165, 1.54) is 5.56 Å². The molecule has 1 amide bonds. The lowest BCUT2D eigenvalue weighted by atomic mass is 10.1. The van der Waals surface area contributed by atoms with Crippen LogP contribution in [0.4, 0.5) is 0 Å². The maximum atomic E-state index is 12.2. The number of unbranched alkanes of at least 4 members (excludes halogenated alkanes) is 1. The number of nitrogens with zero attached hydrogens (tertiary/aromatic N) is 2. The van der Waals surface area contributed by atoms with Gasteiger partial charge in [0, 0.05) is 44.3 Å². The molecule has 0 unspecified atom stereocenters. The van der Waals surface area contributed by atoms with E-state index >= 15 is 0 Å². The second-order valence-corrected chi connectivity index (χ2v) is 8.15. The van der Waals surface area contributed by atoms with Crippen LogP contribution in [0.3, 0.4) is 0 Å². The molecule has 2 aromatic carbocycles. The summed E-state index contributed by atoms with van der Waals surface area (Å²) in [7, 11) is 0. The van der Waals surface area contributed by atoms with Crippen molar-refractivity contribution in [1.82, 2.24) is 15.1 Å². The zero-order chi connectivity index (χ0) is 21.0. The minimum absolute atomic E-state index is 0.134. The summed E-state index contributed by atoms with van der Waals surface area (Å²) in [5, 5.41) is 3.78. The number of ether oxygens (including phenoxy) is 1. The average molecular weight is 430 g/mol. The molecule has 1 N–H and O–H groups in total. The van der Waals surface area contributed by atoms with Crippen LogP contribution in [0.15, 0.2) is 54.6 Å². The van der Waals surface area contributed by atoms with Crippen molar-refractivity contribution in [3.63, 3.8) is 0 Å². The predicted octanol–water partition coefficient (Wildman–Crippen LogP) is 3.48. The van der Waals surface area contributed by atoms with E-state index in [0.29, 0.717) is 13.2 Å². The Morgan fingerprint density at radius 3 is 2.37 bits per heavy atom. The van der Waals surface area contributed by atoms with Crippen molar-refractivity contribution in [2.45, 2.75) is 19.3 Å². The zero-order valence-corrected chi connectivity index (χ0v) is 18.3. The topological polar surface area (TPSA) is 44.8 Å². The molecule has 30 heavy (non-hydrogen) atoms. The fraction of sp³-hybridized carbons (Fsp3) is 0.458. The molecule has 6 heteroatoms. The molecule has 0 aromatic heterocycles. The molecular formula is C24H32ClN3O2. The SMILES string of the molecule is O=C(CN1CCN(CCOc2ccc(Cl)cc2)CC1)NCCCCc1ccccc1. The van der Waals surface area contributed by atoms with Gasteiger partial charge in [0.05, 0.1) is 6.54 Å². The molecule has 3 rings (SSSR count). The third-order valence-electron chi connectivity index (χ3n) is 5.38. The quantitative estimate of drug-likeness (QED) is 0.555. The highest BCUT2D eigenvalue weighted by molar-refractivity contribution is 6.30. The largest absolute Gasteiger partial charge is 0.492 e.